The van der Waals surface area contributed by atoms with Gasteiger partial charge in [-0.2, -0.15) is 5.10 Å². The number of hydrogen-bond acceptors (Lipinski definition) is 5. The third-order valence-corrected chi connectivity index (χ3v) is 3.99. The van der Waals surface area contributed by atoms with Gasteiger partial charge >= 0.3 is 0 Å². The van der Waals surface area contributed by atoms with Gasteiger partial charge < -0.3 is 4.74 Å². The molecule has 23 heavy (non-hydrogen) atoms. The van der Waals surface area contributed by atoms with Gasteiger partial charge in [0, 0.05) is 4.90 Å². The maximum absolute atomic E-state index is 12.4. The molecule has 2 aromatic carbocycles. The van der Waals surface area contributed by atoms with Crippen molar-refractivity contribution >= 4 is 29.4 Å². The van der Waals surface area contributed by atoms with Crippen LogP contribution in [-0.4, -0.2) is 24.9 Å². The summed E-state index contributed by atoms with van der Waals surface area (Å²) >= 11 is 1.39. The number of thioether (sulfide) groups is 1. The van der Waals surface area contributed by atoms with Crippen molar-refractivity contribution in [2.24, 2.45) is 5.10 Å². The molecule has 0 saturated heterocycles. The molecule has 0 amide bonds. The Bertz CT molecular complexity index is 657. The molecule has 0 aromatic heterocycles. The summed E-state index contributed by atoms with van der Waals surface area (Å²) in [6.45, 7) is -0.479. The van der Waals surface area contributed by atoms with E-state index in [0.717, 1.165) is 16.3 Å². The highest BCUT2D eigenvalue weighted by atomic mass is 32.2. The van der Waals surface area contributed by atoms with Crippen LogP contribution in [0.2, 0.25) is 0 Å². The number of ether oxygens (including phenoxy) is 1. The number of Topliss-reactive ketones (excluding diaryl/α,β-unsaturated/α-hetero) is 1. The molecule has 4 nitrogen and oxygen atoms in total. The number of carbonyl (C=O) groups is 1. The van der Waals surface area contributed by atoms with Crippen LogP contribution in [0.3, 0.4) is 0 Å². The lowest BCUT2D eigenvalue weighted by atomic mass is 10.2. The van der Waals surface area contributed by atoms with E-state index in [0.29, 0.717) is 5.56 Å². The Morgan fingerprint density at radius 1 is 1.22 bits per heavy atom. The second kappa shape index (κ2) is 8.95. The van der Waals surface area contributed by atoms with Crippen molar-refractivity contribution in [2.45, 2.75) is 11.6 Å². The van der Waals surface area contributed by atoms with Crippen molar-refractivity contribution in [1.82, 2.24) is 0 Å². The molecular weight excluding hydrogens is 315 g/mol. The van der Waals surface area contributed by atoms with Gasteiger partial charge in [-0.1, -0.05) is 12.1 Å². The predicted molar refractivity (Wildman–Crippen MR) is 92.1 cm³/mol. The molecule has 0 saturated carbocycles. The average Bonchev–Trinajstić information content (AvgIpc) is 2.61. The van der Waals surface area contributed by atoms with Gasteiger partial charge in [-0.25, -0.2) is 4.39 Å². The molecule has 2 rings (SSSR count). The summed E-state index contributed by atoms with van der Waals surface area (Å²) in [7, 11) is 1.60. The molecule has 0 aliphatic rings. The quantitative estimate of drug-likeness (QED) is 0.452. The summed E-state index contributed by atoms with van der Waals surface area (Å²) in [4.78, 5) is 12.7. The highest BCUT2D eigenvalue weighted by molar-refractivity contribution is 8.00. The molecule has 0 bridgehead atoms. The molecule has 6 heteroatoms. The van der Waals surface area contributed by atoms with Gasteiger partial charge in [0.15, 0.2) is 5.78 Å². The van der Waals surface area contributed by atoms with Crippen LogP contribution in [0.1, 0.15) is 5.56 Å². The predicted octanol–water partition coefficient (Wildman–Crippen LogP) is 3.92. The third-order valence-electron chi connectivity index (χ3n) is 2.95. The van der Waals surface area contributed by atoms with Crippen molar-refractivity contribution in [3.05, 3.63) is 54.1 Å². The second-order valence-corrected chi connectivity index (χ2v) is 5.68. The summed E-state index contributed by atoms with van der Waals surface area (Å²) in [6.07, 6.45) is 1.26. The molecule has 2 aromatic rings. The minimum Gasteiger partial charge on any atom is -0.497 e. The number of hydrogen-bond donors (Lipinski definition) is 1. The number of nitrogens with zero attached hydrogens (tertiary/aromatic N) is 1. The molecule has 0 heterocycles. The average molecular weight is 332 g/mol. The fraction of sp³-hybridized carbons (Fsp3) is 0.176. The number of anilines is 1. The molecular formula is C17H17FN2O2S. The number of carbonyl (C=O) groups excluding carboxylic acids is 1. The Morgan fingerprint density at radius 3 is 2.52 bits per heavy atom. The molecule has 1 N–H and O–H groups in total. The van der Waals surface area contributed by atoms with Crippen molar-refractivity contribution in [2.75, 3.05) is 18.3 Å². The number of hydrazone groups is 1. The summed E-state index contributed by atoms with van der Waals surface area (Å²) < 4.78 is 17.5. The smallest absolute Gasteiger partial charge is 0.185 e. The molecule has 0 aliphatic heterocycles. The van der Waals surface area contributed by atoms with Crippen LogP contribution in [0.5, 0.6) is 5.75 Å². The first kappa shape index (κ1) is 17.0. The Kier molecular flexibility index (Phi) is 6.62. The van der Waals surface area contributed by atoms with Crippen LogP contribution in [0.15, 0.2) is 58.5 Å². The standard InChI is InChI=1S/C17H17FN2O2S/c1-22-16-6-4-14(5-7-16)20-19-11-15(21)12-23-17-8-2-13(10-18)3-9-17/h2-9,11,20H,10,12H2,1H3. The topological polar surface area (TPSA) is 50.7 Å². The highest BCUT2D eigenvalue weighted by Gasteiger charge is 2.01. The fourth-order valence-corrected chi connectivity index (χ4v) is 2.42. The first-order chi connectivity index (χ1) is 11.2. The van der Waals surface area contributed by atoms with E-state index in [1.54, 1.807) is 43.5 Å². The first-order valence-corrected chi connectivity index (χ1v) is 7.93. The van der Waals surface area contributed by atoms with Gasteiger partial charge in [0.25, 0.3) is 0 Å². The van der Waals surface area contributed by atoms with Gasteiger partial charge in [-0.3, -0.25) is 10.2 Å². The van der Waals surface area contributed by atoms with Crippen LogP contribution in [0, 0.1) is 0 Å². The number of ketones is 1. The lowest BCUT2D eigenvalue weighted by molar-refractivity contribution is -0.110. The molecule has 0 spiro atoms. The highest BCUT2D eigenvalue weighted by Crippen LogP contribution is 2.18. The first-order valence-electron chi connectivity index (χ1n) is 6.95. The Hall–Kier alpha value is -2.34. The Labute approximate surface area is 138 Å². The van der Waals surface area contributed by atoms with Gasteiger partial charge in [-0.15, -0.1) is 11.8 Å². The summed E-state index contributed by atoms with van der Waals surface area (Å²) in [5.41, 5.74) is 4.18. The van der Waals surface area contributed by atoms with Crippen LogP contribution in [0.25, 0.3) is 0 Å². The van der Waals surface area contributed by atoms with E-state index in [1.165, 1.54) is 18.0 Å². The van der Waals surface area contributed by atoms with E-state index in [2.05, 4.69) is 10.5 Å². The zero-order chi connectivity index (χ0) is 16.5. The second-order valence-electron chi connectivity index (χ2n) is 4.63. The normalized spacial score (nSPS) is 10.7. The number of rotatable bonds is 8. The third kappa shape index (κ3) is 5.75. The van der Waals surface area contributed by atoms with E-state index < -0.39 is 6.67 Å². The van der Waals surface area contributed by atoms with E-state index in [-0.39, 0.29) is 11.5 Å². The zero-order valence-corrected chi connectivity index (χ0v) is 13.5. The Morgan fingerprint density at radius 2 is 1.91 bits per heavy atom. The molecule has 0 radical (unpaired) electrons. The summed E-state index contributed by atoms with van der Waals surface area (Å²) in [5, 5.41) is 3.91. The summed E-state index contributed by atoms with van der Waals surface area (Å²) in [6, 6.07) is 14.3. The number of methoxy groups -OCH3 is 1. The van der Waals surface area contributed by atoms with Crippen LogP contribution < -0.4 is 10.2 Å². The van der Waals surface area contributed by atoms with Gasteiger partial charge in [-0.05, 0) is 42.0 Å². The molecule has 0 fully saturated rings. The molecule has 0 atom stereocenters. The lowest BCUT2D eigenvalue weighted by Gasteiger charge is -2.02. The SMILES string of the molecule is COc1ccc(NN=CC(=O)CSc2ccc(CF)cc2)cc1. The number of alkyl halides is 1. The monoisotopic (exact) mass is 332 g/mol. The number of nitrogens with one attached hydrogen (secondary N) is 1. The van der Waals surface area contributed by atoms with Gasteiger partial charge in [0.05, 0.1) is 24.8 Å². The van der Waals surface area contributed by atoms with Crippen LogP contribution >= 0.6 is 11.8 Å². The van der Waals surface area contributed by atoms with Crippen LogP contribution in [0.4, 0.5) is 10.1 Å². The summed E-state index contributed by atoms with van der Waals surface area (Å²) in [5.74, 6) is 0.930. The van der Waals surface area contributed by atoms with Crippen molar-refractivity contribution < 1.29 is 13.9 Å². The van der Waals surface area contributed by atoms with Crippen LogP contribution in [-0.2, 0) is 11.5 Å². The molecule has 0 unspecified atom stereocenters. The maximum Gasteiger partial charge on any atom is 0.185 e. The van der Waals surface area contributed by atoms with Gasteiger partial charge in [0.2, 0.25) is 0 Å². The lowest BCUT2D eigenvalue weighted by Crippen LogP contribution is -2.04. The van der Waals surface area contributed by atoms with Gasteiger partial charge in [0.1, 0.15) is 12.4 Å². The maximum atomic E-state index is 12.4. The van der Waals surface area contributed by atoms with Crippen molar-refractivity contribution in [3.8, 4) is 5.75 Å². The largest absolute Gasteiger partial charge is 0.497 e. The van der Waals surface area contributed by atoms with Crippen molar-refractivity contribution in [1.29, 1.82) is 0 Å². The Balaban J connectivity index is 1.76. The van der Waals surface area contributed by atoms with Crippen molar-refractivity contribution in [3.63, 3.8) is 0 Å². The van der Waals surface area contributed by atoms with E-state index in [1.807, 2.05) is 12.1 Å². The number of benzene rings is 2. The molecule has 0 aliphatic carbocycles. The molecule has 120 valence electrons. The minimum absolute atomic E-state index is 0.106. The van der Waals surface area contributed by atoms with E-state index in [4.69, 9.17) is 4.74 Å². The minimum atomic E-state index is -0.479. The number of halogens is 1. The van der Waals surface area contributed by atoms with E-state index >= 15 is 0 Å². The van der Waals surface area contributed by atoms with E-state index in [9.17, 15) is 9.18 Å². The fourth-order valence-electron chi connectivity index (χ4n) is 1.71. The zero-order valence-electron chi connectivity index (χ0n) is 12.7.